The van der Waals surface area contributed by atoms with Crippen LogP contribution in [0, 0.1) is 12.7 Å². The average molecular weight is 277 g/mol. The van der Waals surface area contributed by atoms with Crippen molar-refractivity contribution in [3.8, 4) is 0 Å². The van der Waals surface area contributed by atoms with Gasteiger partial charge in [-0.2, -0.15) is 0 Å². The molecule has 0 saturated heterocycles. The molecule has 0 spiro atoms. The first-order valence-electron chi connectivity index (χ1n) is 6.55. The van der Waals surface area contributed by atoms with Crippen molar-refractivity contribution in [2.75, 3.05) is 0 Å². The number of benzene rings is 1. The Morgan fingerprint density at radius 2 is 1.89 bits per heavy atom. The minimum absolute atomic E-state index is 0.186. The first-order valence-corrected chi connectivity index (χ1v) is 7.37. The lowest BCUT2D eigenvalue weighted by atomic mass is 9.88. The molecule has 0 aliphatic carbocycles. The summed E-state index contributed by atoms with van der Waals surface area (Å²) in [6, 6.07) is 9.54. The highest BCUT2D eigenvalue weighted by Gasteiger charge is 2.23. The Kier molecular flexibility index (Phi) is 4.07. The van der Waals surface area contributed by atoms with Crippen LogP contribution in [-0.4, -0.2) is 0 Å². The van der Waals surface area contributed by atoms with Gasteiger partial charge in [0.15, 0.2) is 0 Å². The monoisotopic (exact) mass is 277 g/mol. The van der Waals surface area contributed by atoms with Crippen LogP contribution < -0.4 is 5.73 Å². The summed E-state index contributed by atoms with van der Waals surface area (Å²) >= 11 is 1.79. The molecule has 0 aliphatic heterocycles. The summed E-state index contributed by atoms with van der Waals surface area (Å²) in [5, 5.41) is 0. The molecule has 1 aromatic heterocycles. The van der Waals surface area contributed by atoms with Crippen molar-refractivity contribution in [2.45, 2.75) is 39.2 Å². The zero-order chi connectivity index (χ0) is 14.0. The molecule has 0 saturated carbocycles. The van der Waals surface area contributed by atoms with E-state index in [1.54, 1.807) is 30.4 Å². The second kappa shape index (κ2) is 5.43. The van der Waals surface area contributed by atoms with E-state index in [1.807, 2.05) is 13.0 Å². The van der Waals surface area contributed by atoms with Gasteiger partial charge in [0, 0.05) is 21.7 Å². The summed E-state index contributed by atoms with van der Waals surface area (Å²) in [6.07, 6.45) is 1.78. The van der Waals surface area contributed by atoms with Gasteiger partial charge in [-0.1, -0.05) is 19.1 Å². The van der Waals surface area contributed by atoms with E-state index in [0.717, 1.165) is 18.4 Å². The Bertz CT molecular complexity index is 572. The topological polar surface area (TPSA) is 26.0 Å². The molecule has 1 heterocycles. The quantitative estimate of drug-likeness (QED) is 0.891. The molecule has 1 aromatic carbocycles. The molecule has 0 aliphatic rings. The van der Waals surface area contributed by atoms with Gasteiger partial charge in [-0.05, 0) is 49.6 Å². The maximum atomic E-state index is 13.7. The van der Waals surface area contributed by atoms with Crippen LogP contribution in [0.3, 0.4) is 0 Å². The van der Waals surface area contributed by atoms with E-state index < -0.39 is 5.54 Å². The predicted molar refractivity (Wildman–Crippen MR) is 80.1 cm³/mol. The standard InChI is InChI=1S/C16H20FNS/c1-4-13-7-8-14(19-13)10-16(3,18)12-6-5-11(2)15(17)9-12/h5-9H,4,10,18H2,1-3H3. The Labute approximate surface area is 118 Å². The predicted octanol–water partition coefficient (Wildman–Crippen LogP) is 4.17. The molecular weight excluding hydrogens is 257 g/mol. The highest BCUT2D eigenvalue weighted by Crippen LogP contribution is 2.28. The van der Waals surface area contributed by atoms with E-state index in [-0.39, 0.29) is 5.82 Å². The van der Waals surface area contributed by atoms with E-state index in [0.29, 0.717) is 5.56 Å². The molecule has 19 heavy (non-hydrogen) atoms. The molecule has 0 bridgehead atoms. The zero-order valence-corrected chi connectivity index (χ0v) is 12.5. The molecule has 0 radical (unpaired) electrons. The Hall–Kier alpha value is -1.19. The summed E-state index contributed by atoms with van der Waals surface area (Å²) in [6.45, 7) is 5.87. The van der Waals surface area contributed by atoms with Crippen LogP contribution in [0.4, 0.5) is 4.39 Å². The highest BCUT2D eigenvalue weighted by atomic mass is 32.1. The Morgan fingerprint density at radius 1 is 1.21 bits per heavy atom. The maximum absolute atomic E-state index is 13.7. The molecule has 102 valence electrons. The number of hydrogen-bond acceptors (Lipinski definition) is 2. The van der Waals surface area contributed by atoms with Gasteiger partial charge in [0.2, 0.25) is 0 Å². The molecule has 2 rings (SSSR count). The summed E-state index contributed by atoms with van der Waals surface area (Å²) in [5.41, 5.74) is 7.35. The number of hydrogen-bond donors (Lipinski definition) is 1. The second-order valence-electron chi connectivity index (χ2n) is 5.28. The fourth-order valence-corrected chi connectivity index (χ4v) is 3.24. The van der Waals surface area contributed by atoms with Crippen LogP contribution in [0.25, 0.3) is 0 Å². The van der Waals surface area contributed by atoms with E-state index in [2.05, 4.69) is 19.1 Å². The van der Waals surface area contributed by atoms with Crippen molar-refractivity contribution in [3.05, 3.63) is 57.0 Å². The lowest BCUT2D eigenvalue weighted by molar-refractivity contribution is 0.489. The van der Waals surface area contributed by atoms with Crippen molar-refractivity contribution < 1.29 is 4.39 Å². The van der Waals surface area contributed by atoms with Crippen LogP contribution in [0.15, 0.2) is 30.3 Å². The number of nitrogens with two attached hydrogens (primary N) is 1. The van der Waals surface area contributed by atoms with Gasteiger partial charge in [-0.15, -0.1) is 11.3 Å². The average Bonchev–Trinajstić information content (AvgIpc) is 2.79. The van der Waals surface area contributed by atoms with Crippen LogP contribution in [0.1, 0.15) is 34.7 Å². The van der Waals surface area contributed by atoms with Crippen molar-refractivity contribution in [2.24, 2.45) is 5.73 Å². The number of rotatable bonds is 4. The lowest BCUT2D eigenvalue weighted by Crippen LogP contribution is -2.35. The van der Waals surface area contributed by atoms with E-state index in [9.17, 15) is 4.39 Å². The van der Waals surface area contributed by atoms with Crippen LogP contribution in [0.5, 0.6) is 0 Å². The number of halogens is 1. The van der Waals surface area contributed by atoms with E-state index >= 15 is 0 Å². The fraction of sp³-hybridized carbons (Fsp3) is 0.375. The maximum Gasteiger partial charge on any atom is 0.126 e. The third-order valence-corrected chi connectivity index (χ3v) is 4.67. The van der Waals surface area contributed by atoms with Gasteiger partial charge in [0.1, 0.15) is 5.82 Å². The largest absolute Gasteiger partial charge is 0.321 e. The number of aryl methyl sites for hydroxylation is 2. The number of thiophene rings is 1. The van der Waals surface area contributed by atoms with Crippen molar-refractivity contribution in [3.63, 3.8) is 0 Å². The van der Waals surface area contributed by atoms with Gasteiger partial charge in [0.25, 0.3) is 0 Å². The van der Waals surface area contributed by atoms with Crippen LogP contribution >= 0.6 is 11.3 Å². The molecule has 3 heteroatoms. The van der Waals surface area contributed by atoms with Crippen LogP contribution in [-0.2, 0) is 18.4 Å². The molecule has 0 fully saturated rings. The van der Waals surface area contributed by atoms with E-state index in [1.165, 1.54) is 9.75 Å². The molecule has 2 aromatic rings. The smallest absolute Gasteiger partial charge is 0.126 e. The van der Waals surface area contributed by atoms with Crippen molar-refractivity contribution in [1.82, 2.24) is 0 Å². The third kappa shape index (κ3) is 3.23. The molecule has 1 nitrogen and oxygen atoms in total. The molecule has 2 N–H and O–H groups in total. The van der Waals surface area contributed by atoms with Crippen LogP contribution in [0.2, 0.25) is 0 Å². The lowest BCUT2D eigenvalue weighted by Gasteiger charge is -2.25. The zero-order valence-electron chi connectivity index (χ0n) is 11.7. The molecule has 1 unspecified atom stereocenters. The minimum Gasteiger partial charge on any atom is -0.321 e. The minimum atomic E-state index is -0.537. The van der Waals surface area contributed by atoms with Gasteiger partial charge >= 0.3 is 0 Å². The van der Waals surface area contributed by atoms with Crippen molar-refractivity contribution >= 4 is 11.3 Å². The van der Waals surface area contributed by atoms with E-state index in [4.69, 9.17) is 5.73 Å². The van der Waals surface area contributed by atoms with Gasteiger partial charge in [-0.25, -0.2) is 4.39 Å². The SMILES string of the molecule is CCc1ccc(CC(C)(N)c2ccc(C)c(F)c2)s1. The fourth-order valence-electron chi connectivity index (χ4n) is 2.12. The molecule has 1 atom stereocenters. The Balaban J connectivity index is 2.23. The normalized spacial score (nSPS) is 14.4. The van der Waals surface area contributed by atoms with Gasteiger partial charge < -0.3 is 5.73 Å². The first kappa shape index (κ1) is 14.2. The first-order chi connectivity index (χ1) is 8.92. The Morgan fingerprint density at radius 3 is 2.47 bits per heavy atom. The van der Waals surface area contributed by atoms with Gasteiger partial charge in [0.05, 0.1) is 0 Å². The molecular formula is C16H20FNS. The highest BCUT2D eigenvalue weighted by molar-refractivity contribution is 7.12. The summed E-state index contributed by atoms with van der Waals surface area (Å²) in [5.74, 6) is -0.186. The summed E-state index contributed by atoms with van der Waals surface area (Å²) in [4.78, 5) is 2.61. The van der Waals surface area contributed by atoms with Gasteiger partial charge in [-0.3, -0.25) is 0 Å². The van der Waals surface area contributed by atoms with Crippen molar-refractivity contribution in [1.29, 1.82) is 0 Å². The second-order valence-corrected chi connectivity index (χ2v) is 6.53. The molecule has 0 amide bonds. The summed E-state index contributed by atoms with van der Waals surface area (Å²) in [7, 11) is 0. The summed E-state index contributed by atoms with van der Waals surface area (Å²) < 4.78 is 13.7. The third-order valence-electron chi connectivity index (χ3n) is 3.44.